The first-order valence-electron chi connectivity index (χ1n) is 10.4. The summed E-state index contributed by atoms with van der Waals surface area (Å²) < 4.78 is 0. The Labute approximate surface area is 211 Å². The van der Waals surface area contributed by atoms with Crippen molar-refractivity contribution in [2.24, 2.45) is 0 Å². The third-order valence-electron chi connectivity index (χ3n) is 4.98. The van der Waals surface area contributed by atoms with Gasteiger partial charge in [0.2, 0.25) is 16.9 Å². The minimum absolute atomic E-state index is 0.291. The summed E-state index contributed by atoms with van der Waals surface area (Å²) in [6, 6.07) is 24.7. The van der Waals surface area contributed by atoms with E-state index in [1.54, 1.807) is 36.4 Å². The highest BCUT2D eigenvalue weighted by atomic mass is 35.5. The zero-order valence-electron chi connectivity index (χ0n) is 17.8. The molecule has 2 unspecified atom stereocenters. The maximum Gasteiger partial charge on any atom is 0.249 e. The van der Waals surface area contributed by atoms with Gasteiger partial charge in [0.1, 0.15) is 16.4 Å². The molecule has 1 heterocycles. The number of halogens is 2. The summed E-state index contributed by atoms with van der Waals surface area (Å²) >= 11 is 13.6. The smallest absolute Gasteiger partial charge is 0.249 e. The molecule has 2 amide bonds. The number of benzene rings is 3. The normalized spacial score (nSPS) is 12.5. The standard InChI is InChI=1S/C25H20Cl2N4O2S/c26-19-13-11-18(12-14-19)24-30-31-25(34-24)29-22(32)20(15-16-7-3-1-4-8-16)28-23(33)21(27)17-9-5-2-6-10-17/h1-14,20-21H,15H2,(H,28,33)(H,29,31,32). The van der Waals surface area contributed by atoms with Crippen LogP contribution in [0.15, 0.2) is 84.9 Å². The average molecular weight is 511 g/mol. The van der Waals surface area contributed by atoms with Crippen LogP contribution in [0.25, 0.3) is 10.6 Å². The van der Waals surface area contributed by atoms with Gasteiger partial charge in [0.15, 0.2) is 0 Å². The van der Waals surface area contributed by atoms with E-state index in [9.17, 15) is 9.59 Å². The van der Waals surface area contributed by atoms with Crippen LogP contribution in [0, 0.1) is 0 Å². The number of carbonyl (C=O) groups excluding carboxylic acids is 2. The van der Waals surface area contributed by atoms with Crippen molar-refractivity contribution < 1.29 is 9.59 Å². The first-order chi connectivity index (χ1) is 16.5. The lowest BCUT2D eigenvalue weighted by Gasteiger charge is -2.20. The molecule has 2 N–H and O–H groups in total. The van der Waals surface area contributed by atoms with Crippen LogP contribution in [0.5, 0.6) is 0 Å². The van der Waals surface area contributed by atoms with E-state index >= 15 is 0 Å². The minimum Gasteiger partial charge on any atom is -0.342 e. The van der Waals surface area contributed by atoms with E-state index in [0.29, 0.717) is 27.1 Å². The Balaban J connectivity index is 1.49. The van der Waals surface area contributed by atoms with Crippen molar-refractivity contribution in [3.8, 4) is 10.6 Å². The molecule has 0 radical (unpaired) electrons. The van der Waals surface area contributed by atoms with Gasteiger partial charge in [0.25, 0.3) is 0 Å². The van der Waals surface area contributed by atoms with Crippen LogP contribution in [-0.2, 0) is 16.0 Å². The Bertz CT molecular complexity index is 1250. The highest BCUT2D eigenvalue weighted by molar-refractivity contribution is 7.18. The van der Waals surface area contributed by atoms with Gasteiger partial charge in [-0.2, -0.15) is 0 Å². The Morgan fingerprint density at radius 2 is 1.50 bits per heavy atom. The molecule has 2 atom stereocenters. The summed E-state index contributed by atoms with van der Waals surface area (Å²) in [6.45, 7) is 0. The van der Waals surface area contributed by atoms with Crippen molar-refractivity contribution in [3.63, 3.8) is 0 Å². The fourth-order valence-corrected chi connectivity index (χ4v) is 4.34. The highest BCUT2D eigenvalue weighted by Crippen LogP contribution is 2.27. The van der Waals surface area contributed by atoms with Gasteiger partial charge in [-0.15, -0.1) is 21.8 Å². The van der Waals surface area contributed by atoms with Crippen LogP contribution in [0.1, 0.15) is 16.5 Å². The first-order valence-corrected chi connectivity index (χ1v) is 12.1. The number of nitrogens with one attached hydrogen (secondary N) is 2. The lowest BCUT2D eigenvalue weighted by atomic mass is 10.0. The predicted octanol–water partition coefficient (Wildman–Crippen LogP) is 5.50. The zero-order chi connectivity index (χ0) is 23.9. The molecule has 0 fully saturated rings. The summed E-state index contributed by atoms with van der Waals surface area (Å²) in [5.41, 5.74) is 2.38. The zero-order valence-corrected chi connectivity index (χ0v) is 20.1. The number of amides is 2. The molecule has 0 aliphatic heterocycles. The average Bonchev–Trinajstić information content (AvgIpc) is 3.33. The number of carbonyl (C=O) groups is 2. The molecule has 34 heavy (non-hydrogen) atoms. The Morgan fingerprint density at radius 3 is 2.18 bits per heavy atom. The van der Waals surface area contributed by atoms with Crippen LogP contribution >= 0.6 is 34.5 Å². The second-order valence-electron chi connectivity index (χ2n) is 7.43. The number of aromatic nitrogens is 2. The number of alkyl halides is 1. The quantitative estimate of drug-likeness (QED) is 0.306. The lowest BCUT2D eigenvalue weighted by molar-refractivity contribution is -0.126. The van der Waals surface area contributed by atoms with Crippen LogP contribution in [0.3, 0.4) is 0 Å². The second kappa shape index (κ2) is 11.2. The molecule has 4 aromatic rings. The van der Waals surface area contributed by atoms with Gasteiger partial charge >= 0.3 is 0 Å². The van der Waals surface area contributed by atoms with Crippen LogP contribution in [0.2, 0.25) is 5.02 Å². The summed E-state index contributed by atoms with van der Waals surface area (Å²) in [7, 11) is 0. The summed E-state index contributed by atoms with van der Waals surface area (Å²) in [5.74, 6) is -0.865. The molecule has 0 spiro atoms. The predicted molar refractivity (Wildman–Crippen MR) is 136 cm³/mol. The van der Waals surface area contributed by atoms with E-state index in [0.717, 1.165) is 11.1 Å². The molecule has 9 heteroatoms. The van der Waals surface area contributed by atoms with Crippen LogP contribution in [0.4, 0.5) is 5.13 Å². The van der Waals surface area contributed by atoms with Gasteiger partial charge < -0.3 is 5.32 Å². The van der Waals surface area contributed by atoms with Crippen LogP contribution < -0.4 is 10.6 Å². The molecule has 0 aliphatic rings. The number of nitrogens with zero attached hydrogens (tertiary/aromatic N) is 2. The third kappa shape index (κ3) is 6.20. The molecule has 3 aromatic carbocycles. The van der Waals surface area contributed by atoms with Crippen molar-refractivity contribution in [3.05, 3.63) is 101 Å². The molecular formula is C25H20Cl2N4O2S. The fourth-order valence-electron chi connectivity index (χ4n) is 3.25. The molecule has 0 saturated carbocycles. The Hall–Kier alpha value is -3.26. The Kier molecular flexibility index (Phi) is 7.90. The van der Waals surface area contributed by atoms with Gasteiger partial charge in [-0.25, -0.2) is 0 Å². The number of anilines is 1. The van der Waals surface area contributed by atoms with Crippen LogP contribution in [-0.4, -0.2) is 28.1 Å². The maximum atomic E-state index is 13.2. The maximum absolute atomic E-state index is 13.2. The number of rotatable bonds is 8. The van der Waals surface area contributed by atoms with Crippen molar-refractivity contribution >= 4 is 51.5 Å². The summed E-state index contributed by atoms with van der Waals surface area (Å²) in [4.78, 5) is 26.0. The van der Waals surface area contributed by atoms with E-state index in [4.69, 9.17) is 23.2 Å². The van der Waals surface area contributed by atoms with Gasteiger partial charge in [-0.1, -0.05) is 95.7 Å². The van der Waals surface area contributed by atoms with Crippen molar-refractivity contribution in [2.75, 3.05) is 5.32 Å². The van der Waals surface area contributed by atoms with Gasteiger partial charge in [-0.3, -0.25) is 14.9 Å². The second-order valence-corrected chi connectivity index (χ2v) is 9.28. The number of hydrogen-bond acceptors (Lipinski definition) is 5. The molecule has 1 aromatic heterocycles. The largest absolute Gasteiger partial charge is 0.342 e. The van der Waals surface area contributed by atoms with E-state index in [2.05, 4.69) is 20.8 Å². The SMILES string of the molecule is O=C(Nc1nnc(-c2ccc(Cl)cc2)s1)C(Cc1ccccc1)NC(=O)C(Cl)c1ccccc1. The summed E-state index contributed by atoms with van der Waals surface area (Å²) in [5, 5.41) is 14.4. The minimum atomic E-state index is -0.926. The molecule has 0 aliphatic carbocycles. The highest BCUT2D eigenvalue weighted by Gasteiger charge is 2.26. The Morgan fingerprint density at radius 1 is 0.853 bits per heavy atom. The summed E-state index contributed by atoms with van der Waals surface area (Å²) in [6.07, 6.45) is 0.291. The molecule has 172 valence electrons. The first kappa shape index (κ1) is 23.9. The van der Waals surface area contributed by atoms with E-state index < -0.39 is 23.2 Å². The molecule has 4 rings (SSSR count). The van der Waals surface area contributed by atoms with Crippen molar-refractivity contribution in [2.45, 2.75) is 17.8 Å². The molecular weight excluding hydrogens is 491 g/mol. The van der Waals surface area contributed by atoms with Crippen molar-refractivity contribution in [1.29, 1.82) is 0 Å². The fraction of sp³-hybridized carbons (Fsp3) is 0.120. The molecule has 0 bridgehead atoms. The third-order valence-corrected chi connectivity index (χ3v) is 6.57. The van der Waals surface area contributed by atoms with Gasteiger partial charge in [-0.05, 0) is 23.3 Å². The number of hydrogen-bond donors (Lipinski definition) is 2. The lowest BCUT2D eigenvalue weighted by Crippen LogP contribution is -2.46. The topological polar surface area (TPSA) is 84.0 Å². The van der Waals surface area contributed by atoms with Gasteiger partial charge in [0.05, 0.1) is 0 Å². The van der Waals surface area contributed by atoms with E-state index in [1.165, 1.54) is 11.3 Å². The van der Waals surface area contributed by atoms with Crippen molar-refractivity contribution in [1.82, 2.24) is 15.5 Å². The van der Waals surface area contributed by atoms with E-state index in [-0.39, 0.29) is 0 Å². The molecule has 6 nitrogen and oxygen atoms in total. The monoisotopic (exact) mass is 510 g/mol. The van der Waals surface area contributed by atoms with Gasteiger partial charge in [0, 0.05) is 17.0 Å². The molecule has 0 saturated heterocycles. The van der Waals surface area contributed by atoms with E-state index in [1.807, 2.05) is 48.5 Å².